The molecule has 0 heterocycles. The number of rotatable bonds is 5. The molecule has 0 spiro atoms. The number of nitrogens with one attached hydrogen (secondary N) is 1. The van der Waals surface area contributed by atoms with Crippen molar-refractivity contribution in [2.75, 3.05) is 7.05 Å². The maximum absolute atomic E-state index is 11.8. The fourth-order valence-corrected chi connectivity index (χ4v) is 2.71. The van der Waals surface area contributed by atoms with Crippen LogP contribution in [0.5, 0.6) is 0 Å². The molecule has 0 radical (unpaired) electrons. The minimum Gasteiger partial charge on any atom is -0.481 e. The Labute approximate surface area is 107 Å². The first-order valence-electron chi connectivity index (χ1n) is 5.54. The SMILES string of the molecule is CNS(=O)(=O)c1cc(C(C)CC(=O)O)ccc1C. The quantitative estimate of drug-likeness (QED) is 0.849. The molecule has 1 atom stereocenters. The maximum Gasteiger partial charge on any atom is 0.303 e. The van der Waals surface area contributed by atoms with E-state index in [0.29, 0.717) is 11.1 Å². The maximum atomic E-state index is 11.8. The number of aryl methyl sites for hydroxylation is 1. The average molecular weight is 271 g/mol. The van der Waals surface area contributed by atoms with Gasteiger partial charge in [-0.2, -0.15) is 0 Å². The third-order valence-electron chi connectivity index (χ3n) is 2.82. The van der Waals surface area contributed by atoms with Crippen molar-refractivity contribution in [3.05, 3.63) is 29.3 Å². The van der Waals surface area contributed by atoms with Crippen LogP contribution in [0.2, 0.25) is 0 Å². The van der Waals surface area contributed by atoms with Crippen molar-refractivity contribution in [1.82, 2.24) is 4.72 Å². The molecule has 5 nitrogen and oxygen atoms in total. The summed E-state index contributed by atoms with van der Waals surface area (Å²) < 4.78 is 25.8. The molecule has 0 saturated heterocycles. The molecule has 1 unspecified atom stereocenters. The van der Waals surface area contributed by atoms with E-state index in [2.05, 4.69) is 4.72 Å². The molecule has 2 N–H and O–H groups in total. The van der Waals surface area contributed by atoms with Gasteiger partial charge in [-0.15, -0.1) is 0 Å². The Morgan fingerprint density at radius 2 is 2.06 bits per heavy atom. The summed E-state index contributed by atoms with van der Waals surface area (Å²) in [5.41, 5.74) is 1.34. The molecule has 0 aliphatic rings. The molecular weight excluding hydrogens is 254 g/mol. The van der Waals surface area contributed by atoms with Crippen LogP contribution in [0.4, 0.5) is 0 Å². The Morgan fingerprint density at radius 3 is 2.56 bits per heavy atom. The minimum absolute atomic E-state index is 0.0257. The van der Waals surface area contributed by atoms with Crippen LogP contribution in [0.1, 0.15) is 30.4 Å². The number of aliphatic carboxylic acids is 1. The normalized spacial score (nSPS) is 13.3. The lowest BCUT2D eigenvalue weighted by Gasteiger charge is -2.13. The van der Waals surface area contributed by atoms with Crippen molar-refractivity contribution >= 4 is 16.0 Å². The Balaban J connectivity index is 3.20. The number of hydrogen-bond acceptors (Lipinski definition) is 3. The lowest BCUT2D eigenvalue weighted by molar-refractivity contribution is -0.137. The van der Waals surface area contributed by atoms with Gasteiger partial charge < -0.3 is 5.11 Å². The van der Waals surface area contributed by atoms with Crippen LogP contribution in [0, 0.1) is 6.92 Å². The van der Waals surface area contributed by atoms with Crippen LogP contribution in [-0.4, -0.2) is 26.5 Å². The molecule has 1 rings (SSSR count). The smallest absolute Gasteiger partial charge is 0.303 e. The topological polar surface area (TPSA) is 83.5 Å². The van der Waals surface area contributed by atoms with Gasteiger partial charge in [-0.05, 0) is 37.1 Å². The van der Waals surface area contributed by atoms with Crippen LogP contribution >= 0.6 is 0 Å². The van der Waals surface area contributed by atoms with Gasteiger partial charge in [-0.3, -0.25) is 4.79 Å². The summed E-state index contributed by atoms with van der Waals surface area (Å²) >= 11 is 0. The van der Waals surface area contributed by atoms with Crippen LogP contribution in [0.25, 0.3) is 0 Å². The lowest BCUT2D eigenvalue weighted by atomic mass is 9.97. The molecule has 1 aromatic carbocycles. The number of carbonyl (C=O) groups is 1. The van der Waals surface area contributed by atoms with Gasteiger partial charge in [0.15, 0.2) is 0 Å². The predicted octanol–water partition coefficient (Wildman–Crippen LogP) is 1.48. The zero-order chi connectivity index (χ0) is 13.9. The standard InChI is InChI=1S/C12H17NO4S/c1-8-4-5-10(9(2)6-12(14)15)7-11(8)18(16,17)13-3/h4-5,7,9,13H,6H2,1-3H3,(H,14,15). The number of sulfonamides is 1. The van der Waals surface area contributed by atoms with Crippen molar-refractivity contribution in [3.63, 3.8) is 0 Å². The summed E-state index contributed by atoms with van der Waals surface area (Å²) in [5, 5.41) is 8.74. The van der Waals surface area contributed by atoms with Crippen molar-refractivity contribution in [1.29, 1.82) is 0 Å². The molecule has 100 valence electrons. The number of carboxylic acid groups (broad SMARTS) is 1. The zero-order valence-corrected chi connectivity index (χ0v) is 11.4. The summed E-state index contributed by atoms with van der Waals surface area (Å²) in [6, 6.07) is 4.99. The fraction of sp³-hybridized carbons (Fsp3) is 0.417. The third-order valence-corrected chi connectivity index (χ3v) is 4.38. The van der Waals surface area contributed by atoms with Gasteiger partial charge in [0.25, 0.3) is 0 Å². The predicted molar refractivity (Wildman–Crippen MR) is 68.1 cm³/mol. The molecule has 0 aromatic heterocycles. The highest BCUT2D eigenvalue weighted by Crippen LogP contribution is 2.24. The molecule has 6 heteroatoms. The number of benzene rings is 1. The molecular formula is C12H17NO4S. The molecule has 0 aliphatic heterocycles. The van der Waals surface area contributed by atoms with Crippen molar-refractivity contribution in [2.45, 2.75) is 31.1 Å². The second-order valence-electron chi connectivity index (χ2n) is 4.23. The summed E-state index contributed by atoms with van der Waals surface area (Å²) in [5.74, 6) is -1.13. The average Bonchev–Trinajstić information content (AvgIpc) is 2.28. The van der Waals surface area contributed by atoms with E-state index in [9.17, 15) is 13.2 Å². The second-order valence-corrected chi connectivity index (χ2v) is 6.09. The summed E-state index contributed by atoms with van der Waals surface area (Å²) in [7, 11) is -2.16. The highest BCUT2D eigenvalue weighted by Gasteiger charge is 2.17. The van der Waals surface area contributed by atoms with E-state index in [1.165, 1.54) is 13.1 Å². The van der Waals surface area contributed by atoms with E-state index < -0.39 is 16.0 Å². The molecule has 0 saturated carbocycles. The molecule has 0 aliphatic carbocycles. The zero-order valence-electron chi connectivity index (χ0n) is 10.6. The monoisotopic (exact) mass is 271 g/mol. The van der Waals surface area contributed by atoms with Crippen LogP contribution in [0.3, 0.4) is 0 Å². The molecule has 18 heavy (non-hydrogen) atoms. The van der Waals surface area contributed by atoms with E-state index in [0.717, 1.165) is 0 Å². The number of carboxylic acids is 1. The highest BCUT2D eigenvalue weighted by atomic mass is 32.2. The van der Waals surface area contributed by atoms with E-state index in [1.807, 2.05) is 0 Å². The Morgan fingerprint density at radius 1 is 1.44 bits per heavy atom. The van der Waals surface area contributed by atoms with E-state index in [1.54, 1.807) is 26.0 Å². The molecule has 0 bridgehead atoms. The highest BCUT2D eigenvalue weighted by molar-refractivity contribution is 7.89. The first-order valence-corrected chi connectivity index (χ1v) is 7.02. The van der Waals surface area contributed by atoms with Gasteiger partial charge in [0.2, 0.25) is 10.0 Å². The van der Waals surface area contributed by atoms with Crippen molar-refractivity contribution in [2.24, 2.45) is 0 Å². The fourth-order valence-electron chi connectivity index (χ4n) is 1.70. The molecule has 1 aromatic rings. The summed E-state index contributed by atoms with van der Waals surface area (Å²) in [4.78, 5) is 10.9. The van der Waals surface area contributed by atoms with Gasteiger partial charge >= 0.3 is 5.97 Å². The van der Waals surface area contributed by atoms with Crippen LogP contribution in [0.15, 0.2) is 23.1 Å². The van der Waals surface area contributed by atoms with E-state index in [-0.39, 0.29) is 17.2 Å². The van der Waals surface area contributed by atoms with Gasteiger partial charge in [0.1, 0.15) is 0 Å². The summed E-state index contributed by atoms with van der Waals surface area (Å²) in [6.45, 7) is 3.46. The first kappa shape index (κ1) is 14.7. The molecule has 0 amide bonds. The van der Waals surface area contributed by atoms with Crippen LogP contribution < -0.4 is 4.72 Å². The van der Waals surface area contributed by atoms with E-state index in [4.69, 9.17) is 5.11 Å². The largest absolute Gasteiger partial charge is 0.481 e. The second kappa shape index (κ2) is 5.49. The Bertz CT molecular complexity index is 551. The van der Waals surface area contributed by atoms with Crippen molar-refractivity contribution < 1.29 is 18.3 Å². The van der Waals surface area contributed by atoms with Gasteiger partial charge in [-0.25, -0.2) is 13.1 Å². The lowest BCUT2D eigenvalue weighted by Crippen LogP contribution is -2.20. The Kier molecular flexibility index (Phi) is 4.48. The third kappa shape index (κ3) is 3.30. The van der Waals surface area contributed by atoms with Crippen molar-refractivity contribution in [3.8, 4) is 0 Å². The van der Waals surface area contributed by atoms with Gasteiger partial charge in [0, 0.05) is 0 Å². The van der Waals surface area contributed by atoms with E-state index >= 15 is 0 Å². The Hall–Kier alpha value is -1.40. The van der Waals surface area contributed by atoms with Crippen LogP contribution in [-0.2, 0) is 14.8 Å². The number of hydrogen-bond donors (Lipinski definition) is 2. The van der Waals surface area contributed by atoms with Gasteiger partial charge in [0.05, 0.1) is 11.3 Å². The first-order chi connectivity index (χ1) is 8.27. The summed E-state index contributed by atoms with van der Waals surface area (Å²) in [6.07, 6.45) is -0.0257. The minimum atomic E-state index is -3.51. The molecule has 0 fully saturated rings. The van der Waals surface area contributed by atoms with Gasteiger partial charge in [-0.1, -0.05) is 19.1 Å².